The molecule has 10 nitrogen and oxygen atoms in total. The zero-order valence-corrected chi connectivity index (χ0v) is 13.6. The monoisotopic (exact) mass is 345 g/mol. The van der Waals surface area contributed by atoms with Crippen LogP contribution in [0.3, 0.4) is 0 Å². The van der Waals surface area contributed by atoms with E-state index >= 15 is 0 Å². The van der Waals surface area contributed by atoms with Gasteiger partial charge in [0.1, 0.15) is 17.9 Å². The Morgan fingerprint density at radius 3 is 2.56 bits per heavy atom. The van der Waals surface area contributed by atoms with Gasteiger partial charge in [-0.1, -0.05) is 6.07 Å². The topological polar surface area (TPSA) is 124 Å². The number of fused-ring (bicyclic) bond motifs is 1. The molecular weight excluding hydrogens is 330 g/mol. The van der Waals surface area contributed by atoms with Gasteiger partial charge in [-0.15, -0.1) is 0 Å². The highest BCUT2D eigenvalue weighted by Crippen LogP contribution is 2.32. The van der Waals surface area contributed by atoms with E-state index in [1.807, 2.05) is 0 Å². The van der Waals surface area contributed by atoms with E-state index in [9.17, 15) is 25.0 Å². The average molecular weight is 345 g/mol. The molecule has 2 heterocycles. The van der Waals surface area contributed by atoms with Crippen molar-refractivity contribution in [2.24, 2.45) is 0 Å². The van der Waals surface area contributed by atoms with E-state index < -0.39 is 9.85 Å². The fraction of sp³-hybridized carbons (Fsp3) is 0.333. The molecule has 0 aliphatic carbocycles. The third-order valence-electron chi connectivity index (χ3n) is 4.29. The summed E-state index contributed by atoms with van der Waals surface area (Å²) in [7, 11) is 0. The average Bonchev–Trinajstić information content (AvgIpc) is 3.07. The van der Waals surface area contributed by atoms with Crippen molar-refractivity contribution in [3.05, 3.63) is 55.4 Å². The first kappa shape index (κ1) is 16.6. The smallest absolute Gasteiger partial charge is 0.310 e. The lowest BCUT2D eigenvalue weighted by atomic mass is 10.1. The van der Waals surface area contributed by atoms with Gasteiger partial charge in [-0.25, -0.2) is 0 Å². The van der Waals surface area contributed by atoms with Crippen LogP contribution in [0.1, 0.15) is 17.0 Å². The number of nitro groups is 2. The molecule has 1 aliphatic heterocycles. The number of anilines is 1. The summed E-state index contributed by atoms with van der Waals surface area (Å²) in [6, 6.07) is 4.44. The van der Waals surface area contributed by atoms with E-state index in [0.29, 0.717) is 24.3 Å². The van der Waals surface area contributed by atoms with Gasteiger partial charge >= 0.3 is 5.69 Å². The molecule has 0 bridgehead atoms. The quantitative estimate of drug-likeness (QED) is 0.615. The maximum Gasteiger partial charge on any atom is 0.312 e. The van der Waals surface area contributed by atoms with Crippen molar-refractivity contribution in [1.82, 2.24) is 9.78 Å². The van der Waals surface area contributed by atoms with Crippen LogP contribution in [0.4, 0.5) is 17.1 Å². The second kappa shape index (κ2) is 5.96. The molecule has 0 fully saturated rings. The summed E-state index contributed by atoms with van der Waals surface area (Å²) in [5.41, 5.74) is 1.72. The summed E-state index contributed by atoms with van der Waals surface area (Å²) in [5, 5.41) is 26.1. The minimum atomic E-state index is -0.521. The first-order chi connectivity index (χ1) is 11.8. The van der Waals surface area contributed by atoms with Crippen molar-refractivity contribution in [3.8, 4) is 0 Å². The Labute approximate surface area is 142 Å². The van der Waals surface area contributed by atoms with E-state index in [4.69, 9.17) is 0 Å². The number of carbonyl (C=O) groups excluding carboxylic acids is 1. The van der Waals surface area contributed by atoms with Crippen LogP contribution in [0.15, 0.2) is 18.2 Å². The van der Waals surface area contributed by atoms with E-state index in [0.717, 1.165) is 5.56 Å². The molecule has 2 aromatic rings. The minimum Gasteiger partial charge on any atom is -0.310 e. The summed E-state index contributed by atoms with van der Waals surface area (Å²) >= 11 is 0. The third-order valence-corrected chi connectivity index (χ3v) is 4.29. The van der Waals surface area contributed by atoms with E-state index in [1.165, 1.54) is 35.6 Å². The van der Waals surface area contributed by atoms with Crippen molar-refractivity contribution in [2.75, 3.05) is 11.4 Å². The van der Waals surface area contributed by atoms with Crippen LogP contribution in [0.25, 0.3) is 0 Å². The Hall–Kier alpha value is -3.30. The normalized spacial score (nSPS) is 13.0. The van der Waals surface area contributed by atoms with Crippen molar-refractivity contribution in [1.29, 1.82) is 0 Å². The van der Waals surface area contributed by atoms with Crippen LogP contribution < -0.4 is 4.90 Å². The molecular formula is C15H15N5O5. The number of nitro benzene ring substituents is 1. The lowest BCUT2D eigenvalue weighted by Gasteiger charge is -2.17. The molecule has 10 heteroatoms. The highest BCUT2D eigenvalue weighted by Gasteiger charge is 2.29. The fourth-order valence-corrected chi connectivity index (χ4v) is 3.06. The second-order valence-corrected chi connectivity index (χ2v) is 5.80. The van der Waals surface area contributed by atoms with Crippen LogP contribution >= 0.6 is 0 Å². The summed E-state index contributed by atoms with van der Waals surface area (Å²) in [6.45, 7) is 3.30. The molecule has 0 N–H and O–H groups in total. The van der Waals surface area contributed by atoms with Gasteiger partial charge < -0.3 is 4.90 Å². The van der Waals surface area contributed by atoms with Gasteiger partial charge in [-0.3, -0.25) is 29.7 Å². The van der Waals surface area contributed by atoms with Crippen molar-refractivity contribution < 1.29 is 14.6 Å². The molecule has 130 valence electrons. The number of amides is 1. The number of nitrogens with zero attached hydrogens (tertiary/aromatic N) is 5. The maximum absolute atomic E-state index is 12.6. The zero-order valence-electron chi connectivity index (χ0n) is 13.6. The number of hydrogen-bond donors (Lipinski definition) is 0. The Kier molecular flexibility index (Phi) is 3.95. The third kappa shape index (κ3) is 2.82. The Morgan fingerprint density at radius 2 is 1.96 bits per heavy atom. The number of rotatable bonds is 4. The highest BCUT2D eigenvalue weighted by molar-refractivity contribution is 5.95. The molecule has 1 amide bonds. The van der Waals surface area contributed by atoms with Crippen LogP contribution in [0.5, 0.6) is 0 Å². The van der Waals surface area contributed by atoms with Gasteiger partial charge in [-0.05, 0) is 25.8 Å². The summed E-state index contributed by atoms with van der Waals surface area (Å²) in [6.07, 6.45) is 0.607. The predicted octanol–water partition coefficient (Wildman–Crippen LogP) is 1.91. The number of benzene rings is 1. The predicted molar refractivity (Wildman–Crippen MR) is 87.5 cm³/mol. The fourth-order valence-electron chi connectivity index (χ4n) is 3.06. The van der Waals surface area contributed by atoms with Crippen molar-refractivity contribution >= 4 is 23.0 Å². The molecule has 1 aliphatic rings. The maximum atomic E-state index is 12.6. The number of non-ortho nitro benzene ring substituents is 1. The summed E-state index contributed by atoms with van der Waals surface area (Å²) in [4.78, 5) is 35.1. The number of carbonyl (C=O) groups is 1. The molecule has 0 saturated heterocycles. The van der Waals surface area contributed by atoms with Crippen molar-refractivity contribution in [2.45, 2.75) is 26.8 Å². The van der Waals surface area contributed by atoms with Crippen LogP contribution in [-0.2, 0) is 17.8 Å². The van der Waals surface area contributed by atoms with Gasteiger partial charge in [0.2, 0.25) is 5.91 Å². The van der Waals surface area contributed by atoms with Crippen LogP contribution in [0.2, 0.25) is 0 Å². The molecule has 0 saturated carbocycles. The van der Waals surface area contributed by atoms with E-state index in [2.05, 4.69) is 5.10 Å². The number of aromatic nitrogens is 2. The van der Waals surface area contributed by atoms with Gasteiger partial charge in [-0.2, -0.15) is 5.10 Å². The molecule has 0 atom stereocenters. The second-order valence-electron chi connectivity index (χ2n) is 5.80. The Balaban J connectivity index is 1.88. The van der Waals surface area contributed by atoms with Gasteiger partial charge in [0.25, 0.3) is 5.69 Å². The lowest BCUT2D eigenvalue weighted by Crippen LogP contribution is -2.32. The summed E-state index contributed by atoms with van der Waals surface area (Å²) in [5.74, 6) is -0.320. The Morgan fingerprint density at radius 1 is 1.24 bits per heavy atom. The Bertz CT molecular complexity index is 904. The van der Waals surface area contributed by atoms with Crippen LogP contribution in [0, 0.1) is 34.1 Å². The molecule has 0 unspecified atom stereocenters. The van der Waals surface area contributed by atoms with Crippen LogP contribution in [-0.4, -0.2) is 32.1 Å². The molecule has 1 aromatic heterocycles. The zero-order chi connectivity index (χ0) is 18.3. The summed E-state index contributed by atoms with van der Waals surface area (Å²) < 4.78 is 1.30. The number of aryl methyl sites for hydroxylation is 1. The first-order valence-electron chi connectivity index (χ1n) is 7.55. The molecule has 3 rings (SSSR count). The molecule has 1 aromatic carbocycles. The van der Waals surface area contributed by atoms with Crippen molar-refractivity contribution in [3.63, 3.8) is 0 Å². The SMILES string of the molecule is Cc1nn(CC(=O)N2CCc3ccc([N+](=O)[O-])cc32)c(C)c1[N+](=O)[O-]. The first-order valence-corrected chi connectivity index (χ1v) is 7.55. The van der Waals surface area contributed by atoms with Gasteiger partial charge in [0, 0.05) is 18.7 Å². The minimum absolute atomic E-state index is 0.0831. The number of hydrogen-bond acceptors (Lipinski definition) is 6. The van der Waals surface area contributed by atoms with E-state index in [-0.39, 0.29) is 29.5 Å². The largest absolute Gasteiger partial charge is 0.312 e. The molecule has 0 spiro atoms. The lowest BCUT2D eigenvalue weighted by molar-refractivity contribution is -0.386. The van der Waals surface area contributed by atoms with Gasteiger partial charge in [0.05, 0.1) is 15.5 Å². The standard InChI is InChI=1S/C15H15N5O5/c1-9-15(20(24)25)10(2)18(16-9)8-14(21)17-6-5-11-3-4-12(19(22)23)7-13(11)17/h3-4,7H,5-6,8H2,1-2H3. The highest BCUT2D eigenvalue weighted by atomic mass is 16.6. The molecule has 0 radical (unpaired) electrons. The van der Waals surface area contributed by atoms with Gasteiger partial charge in [0.15, 0.2) is 0 Å². The van der Waals surface area contributed by atoms with E-state index in [1.54, 1.807) is 6.07 Å². The molecule has 25 heavy (non-hydrogen) atoms.